The van der Waals surface area contributed by atoms with Crippen molar-refractivity contribution in [2.45, 2.75) is 0 Å². The summed E-state index contributed by atoms with van der Waals surface area (Å²) in [6.07, 6.45) is 0. The molecule has 0 bridgehead atoms. The average Bonchev–Trinajstić information content (AvgIpc) is 2.32. The maximum Gasteiger partial charge on any atom is 0.197 e. The largest absolute Gasteiger partial charge is 0.288 e. The van der Waals surface area contributed by atoms with Crippen molar-refractivity contribution in [3.8, 4) is 0 Å². The summed E-state index contributed by atoms with van der Waals surface area (Å²) in [4.78, 5) is 12.1. The molecule has 92 valence electrons. The number of rotatable bonds is 2. The summed E-state index contributed by atoms with van der Waals surface area (Å²) < 4.78 is 27.0. The van der Waals surface area contributed by atoms with Gasteiger partial charge in [0.2, 0.25) is 0 Å². The van der Waals surface area contributed by atoms with E-state index >= 15 is 0 Å². The van der Waals surface area contributed by atoms with E-state index in [9.17, 15) is 13.6 Å². The van der Waals surface area contributed by atoms with Gasteiger partial charge >= 0.3 is 0 Å². The van der Waals surface area contributed by atoms with Crippen LogP contribution in [0.4, 0.5) is 8.78 Å². The van der Waals surface area contributed by atoms with Gasteiger partial charge < -0.3 is 0 Å². The lowest BCUT2D eigenvalue weighted by Gasteiger charge is -2.05. The fraction of sp³-hybridized carbons (Fsp3) is 0. The molecule has 0 atom stereocenters. The second-order valence-corrected chi connectivity index (χ2v) is 4.85. The Labute approximate surface area is 116 Å². The second kappa shape index (κ2) is 5.16. The van der Waals surface area contributed by atoms with Gasteiger partial charge in [0.25, 0.3) is 0 Å². The molecule has 0 saturated carbocycles. The molecule has 0 aliphatic heterocycles. The fourth-order valence-corrected chi connectivity index (χ4v) is 2.36. The minimum atomic E-state index is -1.15. The summed E-state index contributed by atoms with van der Waals surface area (Å²) in [5.41, 5.74) is -0.0816. The molecule has 0 unspecified atom stereocenters. The van der Waals surface area contributed by atoms with Gasteiger partial charge in [-0.25, -0.2) is 8.78 Å². The number of carbonyl (C=O) groups is 1. The lowest BCUT2D eigenvalue weighted by atomic mass is 10.0. The van der Waals surface area contributed by atoms with Crippen molar-refractivity contribution in [2.24, 2.45) is 0 Å². The highest BCUT2D eigenvalue weighted by atomic mass is 79.9. The van der Waals surface area contributed by atoms with Gasteiger partial charge in [-0.15, -0.1) is 0 Å². The van der Waals surface area contributed by atoms with Gasteiger partial charge in [0.15, 0.2) is 17.4 Å². The Morgan fingerprint density at radius 1 is 1.11 bits per heavy atom. The van der Waals surface area contributed by atoms with Crippen LogP contribution in [0.1, 0.15) is 15.9 Å². The first-order valence-electron chi connectivity index (χ1n) is 4.94. The number of halogens is 4. The van der Waals surface area contributed by atoms with Crippen LogP contribution in [0, 0.1) is 11.6 Å². The van der Waals surface area contributed by atoms with Gasteiger partial charge in [0.1, 0.15) is 0 Å². The number of benzene rings is 2. The molecule has 0 saturated heterocycles. The van der Waals surface area contributed by atoms with Crippen LogP contribution in [0.2, 0.25) is 5.02 Å². The molecule has 2 rings (SSSR count). The Morgan fingerprint density at radius 3 is 2.50 bits per heavy atom. The molecule has 0 aliphatic rings. The van der Waals surface area contributed by atoms with Crippen LogP contribution in [0.15, 0.2) is 40.9 Å². The Kier molecular flexibility index (Phi) is 3.78. The molecule has 5 heteroatoms. The first-order valence-corrected chi connectivity index (χ1v) is 6.11. The van der Waals surface area contributed by atoms with Crippen molar-refractivity contribution < 1.29 is 13.6 Å². The Hall–Kier alpha value is -1.26. The molecule has 1 nitrogen and oxygen atoms in total. The number of ketones is 1. The smallest absolute Gasteiger partial charge is 0.197 e. The molecular formula is C13H6BrClF2O. The quantitative estimate of drug-likeness (QED) is 0.734. The van der Waals surface area contributed by atoms with E-state index in [2.05, 4.69) is 15.9 Å². The monoisotopic (exact) mass is 330 g/mol. The van der Waals surface area contributed by atoms with Crippen molar-refractivity contribution in [3.05, 3.63) is 68.7 Å². The van der Waals surface area contributed by atoms with Crippen LogP contribution in [0.3, 0.4) is 0 Å². The van der Waals surface area contributed by atoms with E-state index in [1.165, 1.54) is 30.3 Å². The average molecular weight is 332 g/mol. The molecule has 2 aromatic rings. The zero-order chi connectivity index (χ0) is 13.3. The highest BCUT2D eigenvalue weighted by molar-refractivity contribution is 9.10. The third kappa shape index (κ3) is 2.44. The van der Waals surface area contributed by atoms with E-state index < -0.39 is 17.4 Å². The van der Waals surface area contributed by atoms with Gasteiger partial charge in [-0.1, -0.05) is 17.7 Å². The zero-order valence-corrected chi connectivity index (χ0v) is 11.2. The standard InChI is InChI=1S/C13H6BrClF2O/c14-10-6-7(15)4-5-8(10)13(18)9-2-1-3-11(16)12(9)17/h1-6H. The summed E-state index contributed by atoms with van der Waals surface area (Å²) in [7, 11) is 0. The molecule has 2 aromatic carbocycles. The molecule has 0 aromatic heterocycles. The third-order valence-electron chi connectivity index (χ3n) is 2.37. The van der Waals surface area contributed by atoms with Crippen LogP contribution in [0.5, 0.6) is 0 Å². The number of carbonyl (C=O) groups excluding carboxylic acids is 1. The fourth-order valence-electron chi connectivity index (χ4n) is 1.50. The molecule has 0 heterocycles. The van der Waals surface area contributed by atoms with Crippen LogP contribution >= 0.6 is 27.5 Å². The van der Waals surface area contributed by atoms with E-state index in [0.717, 1.165) is 6.07 Å². The molecular weight excluding hydrogens is 325 g/mol. The molecule has 18 heavy (non-hydrogen) atoms. The highest BCUT2D eigenvalue weighted by Gasteiger charge is 2.18. The predicted octanol–water partition coefficient (Wildman–Crippen LogP) is 4.61. The summed E-state index contributed by atoms with van der Waals surface area (Å²) in [5.74, 6) is -2.80. The van der Waals surface area contributed by atoms with E-state index in [1.807, 2.05) is 0 Å². The van der Waals surface area contributed by atoms with Crippen LogP contribution in [0.25, 0.3) is 0 Å². The normalized spacial score (nSPS) is 10.4. The lowest BCUT2D eigenvalue weighted by molar-refractivity contribution is 0.103. The summed E-state index contributed by atoms with van der Waals surface area (Å²) in [6, 6.07) is 7.97. The van der Waals surface area contributed by atoms with Crippen LogP contribution in [-0.4, -0.2) is 5.78 Å². The predicted molar refractivity (Wildman–Crippen MR) is 68.9 cm³/mol. The SMILES string of the molecule is O=C(c1ccc(Cl)cc1Br)c1cccc(F)c1F. The van der Waals surface area contributed by atoms with E-state index in [4.69, 9.17) is 11.6 Å². The maximum atomic E-state index is 13.5. The molecule has 0 amide bonds. The van der Waals surface area contributed by atoms with Gasteiger partial charge in [0, 0.05) is 15.1 Å². The van der Waals surface area contributed by atoms with Gasteiger partial charge in [-0.3, -0.25) is 4.79 Å². The van der Waals surface area contributed by atoms with E-state index in [-0.39, 0.29) is 11.1 Å². The van der Waals surface area contributed by atoms with Crippen LogP contribution < -0.4 is 0 Å². The third-order valence-corrected chi connectivity index (χ3v) is 3.26. The summed E-state index contributed by atoms with van der Waals surface area (Å²) in [6.45, 7) is 0. The topological polar surface area (TPSA) is 17.1 Å². The van der Waals surface area contributed by atoms with Crippen molar-refractivity contribution in [1.29, 1.82) is 0 Å². The van der Waals surface area contributed by atoms with Gasteiger partial charge in [0.05, 0.1) is 5.56 Å². The minimum Gasteiger partial charge on any atom is -0.288 e. The molecule has 0 aliphatic carbocycles. The van der Waals surface area contributed by atoms with Crippen molar-refractivity contribution in [3.63, 3.8) is 0 Å². The van der Waals surface area contributed by atoms with Crippen molar-refractivity contribution in [2.75, 3.05) is 0 Å². The second-order valence-electron chi connectivity index (χ2n) is 3.55. The Balaban J connectivity index is 2.51. The lowest BCUT2D eigenvalue weighted by Crippen LogP contribution is -2.06. The van der Waals surface area contributed by atoms with E-state index in [1.54, 1.807) is 0 Å². The zero-order valence-electron chi connectivity index (χ0n) is 8.88. The summed E-state index contributed by atoms with van der Waals surface area (Å²) >= 11 is 8.92. The van der Waals surface area contributed by atoms with Crippen molar-refractivity contribution >= 4 is 33.3 Å². The van der Waals surface area contributed by atoms with Crippen molar-refractivity contribution in [1.82, 2.24) is 0 Å². The molecule has 0 N–H and O–H groups in total. The van der Waals surface area contributed by atoms with Gasteiger partial charge in [-0.05, 0) is 46.3 Å². The van der Waals surface area contributed by atoms with Gasteiger partial charge in [-0.2, -0.15) is 0 Å². The highest BCUT2D eigenvalue weighted by Crippen LogP contribution is 2.25. The van der Waals surface area contributed by atoms with E-state index in [0.29, 0.717) is 9.50 Å². The Morgan fingerprint density at radius 2 is 1.83 bits per heavy atom. The Bertz CT molecular complexity index is 628. The first kappa shape index (κ1) is 13.2. The van der Waals surface area contributed by atoms with Crippen LogP contribution in [-0.2, 0) is 0 Å². The molecule has 0 fully saturated rings. The summed E-state index contributed by atoms with van der Waals surface area (Å²) in [5, 5.41) is 0.443. The first-order chi connectivity index (χ1) is 8.50. The number of hydrogen-bond donors (Lipinski definition) is 0. The minimum absolute atomic E-state index is 0.226. The molecule has 0 radical (unpaired) electrons. The number of hydrogen-bond acceptors (Lipinski definition) is 1. The maximum absolute atomic E-state index is 13.5. The molecule has 0 spiro atoms.